The minimum atomic E-state index is 0.470. The smallest absolute Gasteiger partial charge is 0.205 e. The van der Waals surface area contributed by atoms with Crippen molar-refractivity contribution >= 4 is 27.8 Å². The fourth-order valence-corrected chi connectivity index (χ4v) is 2.11. The molecule has 4 rings (SSSR count). The van der Waals surface area contributed by atoms with E-state index in [0.717, 1.165) is 16.4 Å². The standard InChI is InChI=1S/C13H7N7/c1-14-7-4-8-11(19-20-12(8)16-5-7)13-17-9-2-3-15-6-10(9)18-13/h2-6H,(H,17,18)(H,16,19,20). The SMILES string of the molecule is [C-]#[N+]c1cnc2n[nH]c(-c3nc4ccncc4[nH]3)c2c1. The topological polar surface area (TPSA) is 87.5 Å². The molecule has 0 spiro atoms. The van der Waals surface area contributed by atoms with Crippen molar-refractivity contribution in [3.05, 3.63) is 42.1 Å². The predicted octanol–water partition coefficient (Wildman–Crippen LogP) is 2.45. The lowest BCUT2D eigenvalue weighted by molar-refractivity contribution is 1.09. The Morgan fingerprint density at radius 1 is 1.25 bits per heavy atom. The van der Waals surface area contributed by atoms with Crippen LogP contribution in [0.4, 0.5) is 5.69 Å². The summed E-state index contributed by atoms with van der Waals surface area (Å²) in [6.45, 7) is 7.06. The molecule has 0 atom stereocenters. The molecule has 4 heterocycles. The summed E-state index contributed by atoms with van der Waals surface area (Å²) in [7, 11) is 0. The van der Waals surface area contributed by atoms with E-state index in [-0.39, 0.29) is 0 Å². The molecule has 94 valence electrons. The molecule has 0 aliphatic heterocycles. The van der Waals surface area contributed by atoms with Crippen LogP contribution in [0.1, 0.15) is 0 Å². The minimum absolute atomic E-state index is 0.470. The maximum absolute atomic E-state index is 7.06. The summed E-state index contributed by atoms with van der Waals surface area (Å²) in [5.74, 6) is 0.652. The molecule has 0 aliphatic rings. The van der Waals surface area contributed by atoms with Crippen LogP contribution in [0.2, 0.25) is 0 Å². The second-order valence-electron chi connectivity index (χ2n) is 4.25. The van der Waals surface area contributed by atoms with Crippen LogP contribution in [0.25, 0.3) is 38.4 Å². The van der Waals surface area contributed by atoms with Gasteiger partial charge in [0.05, 0.1) is 23.8 Å². The molecule has 7 heteroatoms. The summed E-state index contributed by atoms with van der Waals surface area (Å²) in [4.78, 5) is 19.2. The van der Waals surface area contributed by atoms with Crippen LogP contribution in [0.5, 0.6) is 0 Å². The number of fused-ring (bicyclic) bond motifs is 2. The van der Waals surface area contributed by atoms with Gasteiger partial charge in [-0.25, -0.2) is 14.8 Å². The van der Waals surface area contributed by atoms with Crippen molar-refractivity contribution in [1.82, 2.24) is 30.1 Å². The van der Waals surface area contributed by atoms with Crippen molar-refractivity contribution in [2.75, 3.05) is 0 Å². The van der Waals surface area contributed by atoms with Crippen molar-refractivity contribution in [3.63, 3.8) is 0 Å². The summed E-state index contributed by atoms with van der Waals surface area (Å²) in [5.41, 5.74) is 3.42. The highest BCUT2D eigenvalue weighted by Gasteiger charge is 2.13. The fraction of sp³-hybridized carbons (Fsp3) is 0. The van der Waals surface area contributed by atoms with E-state index in [1.54, 1.807) is 18.5 Å². The second-order valence-corrected chi connectivity index (χ2v) is 4.25. The number of nitrogens with zero attached hydrogens (tertiary/aromatic N) is 5. The van der Waals surface area contributed by atoms with Crippen LogP contribution in [-0.4, -0.2) is 30.1 Å². The van der Waals surface area contributed by atoms with Crippen molar-refractivity contribution < 1.29 is 0 Å². The summed E-state index contributed by atoms with van der Waals surface area (Å²) in [5, 5.41) is 7.81. The largest absolute Gasteiger partial charge is 0.335 e. The van der Waals surface area contributed by atoms with Gasteiger partial charge < -0.3 is 4.98 Å². The first-order valence-electron chi connectivity index (χ1n) is 5.87. The molecule has 0 aromatic carbocycles. The molecule has 4 aromatic heterocycles. The van der Waals surface area contributed by atoms with Gasteiger partial charge in [0, 0.05) is 17.8 Å². The summed E-state index contributed by atoms with van der Waals surface area (Å²) in [6, 6.07) is 3.58. The lowest BCUT2D eigenvalue weighted by Crippen LogP contribution is -1.81. The maximum atomic E-state index is 7.06. The fourth-order valence-electron chi connectivity index (χ4n) is 2.11. The van der Waals surface area contributed by atoms with Gasteiger partial charge in [-0.1, -0.05) is 0 Å². The summed E-state index contributed by atoms with van der Waals surface area (Å²) >= 11 is 0. The summed E-state index contributed by atoms with van der Waals surface area (Å²) < 4.78 is 0. The van der Waals surface area contributed by atoms with Crippen LogP contribution in [0.3, 0.4) is 0 Å². The predicted molar refractivity (Wildman–Crippen MR) is 73.0 cm³/mol. The van der Waals surface area contributed by atoms with Gasteiger partial charge in [-0.15, -0.1) is 0 Å². The molecular formula is C13H7N7. The van der Waals surface area contributed by atoms with Gasteiger partial charge in [0.2, 0.25) is 5.69 Å². The Morgan fingerprint density at radius 2 is 2.20 bits per heavy atom. The second kappa shape index (κ2) is 3.86. The Morgan fingerprint density at radius 3 is 3.05 bits per heavy atom. The molecule has 0 saturated heterocycles. The lowest BCUT2D eigenvalue weighted by Gasteiger charge is -1.93. The highest BCUT2D eigenvalue weighted by atomic mass is 15.2. The van der Waals surface area contributed by atoms with Gasteiger partial charge in [-0.2, -0.15) is 5.10 Å². The Labute approximate surface area is 112 Å². The highest BCUT2D eigenvalue weighted by Crippen LogP contribution is 2.27. The average Bonchev–Trinajstić information content (AvgIpc) is 3.09. The third-order valence-corrected chi connectivity index (χ3v) is 3.04. The van der Waals surface area contributed by atoms with Crippen molar-refractivity contribution in [3.8, 4) is 11.5 Å². The summed E-state index contributed by atoms with van der Waals surface area (Å²) in [6.07, 6.45) is 4.91. The molecule has 0 unspecified atom stereocenters. The van der Waals surface area contributed by atoms with Crippen LogP contribution < -0.4 is 0 Å². The van der Waals surface area contributed by atoms with Crippen LogP contribution in [0.15, 0.2) is 30.7 Å². The molecule has 0 aliphatic carbocycles. The van der Waals surface area contributed by atoms with Gasteiger partial charge in [0.15, 0.2) is 11.5 Å². The van der Waals surface area contributed by atoms with E-state index in [0.29, 0.717) is 22.9 Å². The van der Waals surface area contributed by atoms with Gasteiger partial charge in [-0.05, 0) is 12.1 Å². The van der Waals surface area contributed by atoms with E-state index in [9.17, 15) is 0 Å². The van der Waals surface area contributed by atoms with Crippen molar-refractivity contribution in [2.45, 2.75) is 0 Å². The Balaban J connectivity index is 1.99. The number of hydrogen-bond acceptors (Lipinski definition) is 4. The first-order chi connectivity index (χ1) is 9.85. The van der Waals surface area contributed by atoms with Crippen molar-refractivity contribution in [1.29, 1.82) is 0 Å². The molecule has 0 saturated carbocycles. The third-order valence-electron chi connectivity index (χ3n) is 3.04. The average molecular weight is 261 g/mol. The number of rotatable bonds is 1. The molecule has 0 radical (unpaired) electrons. The molecule has 20 heavy (non-hydrogen) atoms. The zero-order valence-corrected chi connectivity index (χ0v) is 10.1. The van der Waals surface area contributed by atoms with E-state index < -0.39 is 0 Å². The zero-order chi connectivity index (χ0) is 13.5. The molecule has 0 amide bonds. The molecule has 4 aromatic rings. The number of pyridine rings is 2. The molecule has 0 bridgehead atoms. The third kappa shape index (κ3) is 1.45. The van der Waals surface area contributed by atoms with Gasteiger partial charge in [0.1, 0.15) is 5.69 Å². The number of hydrogen-bond donors (Lipinski definition) is 2. The van der Waals surface area contributed by atoms with Gasteiger partial charge in [0.25, 0.3) is 0 Å². The number of aromatic nitrogens is 6. The van der Waals surface area contributed by atoms with E-state index in [1.807, 2.05) is 6.07 Å². The normalized spacial score (nSPS) is 10.9. The molecular weight excluding hydrogens is 254 g/mol. The van der Waals surface area contributed by atoms with Crippen molar-refractivity contribution in [2.24, 2.45) is 0 Å². The van der Waals surface area contributed by atoms with Crippen LogP contribution in [-0.2, 0) is 0 Å². The number of H-pyrrole nitrogens is 2. The maximum Gasteiger partial charge on any atom is 0.205 e. The molecule has 0 fully saturated rings. The molecule has 7 nitrogen and oxygen atoms in total. The Kier molecular flexibility index (Phi) is 2.05. The van der Waals surface area contributed by atoms with Gasteiger partial charge in [-0.3, -0.25) is 10.1 Å². The van der Waals surface area contributed by atoms with Gasteiger partial charge >= 0.3 is 0 Å². The Hall–Kier alpha value is -3.27. The highest BCUT2D eigenvalue weighted by molar-refractivity contribution is 5.92. The zero-order valence-electron chi connectivity index (χ0n) is 10.1. The molecule has 2 N–H and O–H groups in total. The first kappa shape index (κ1) is 10.6. The Bertz CT molecular complexity index is 940. The minimum Gasteiger partial charge on any atom is -0.335 e. The van der Waals surface area contributed by atoms with Crippen LogP contribution >= 0.6 is 0 Å². The monoisotopic (exact) mass is 261 g/mol. The van der Waals surface area contributed by atoms with E-state index in [1.165, 1.54) is 6.20 Å². The van der Waals surface area contributed by atoms with Crippen LogP contribution in [0, 0.1) is 6.57 Å². The quantitative estimate of drug-likeness (QED) is 0.515. The number of aromatic amines is 2. The first-order valence-corrected chi connectivity index (χ1v) is 5.87. The van der Waals surface area contributed by atoms with E-state index in [4.69, 9.17) is 6.57 Å². The van der Waals surface area contributed by atoms with E-state index >= 15 is 0 Å². The van der Waals surface area contributed by atoms with E-state index in [2.05, 4.69) is 35.0 Å². The number of nitrogens with one attached hydrogen (secondary N) is 2. The number of imidazole rings is 1. The lowest BCUT2D eigenvalue weighted by atomic mass is 10.2.